The smallest absolute Gasteiger partial charge is 0.306 e. The highest BCUT2D eigenvalue weighted by Gasteiger charge is 2.28. The van der Waals surface area contributed by atoms with Gasteiger partial charge in [0.1, 0.15) is 0 Å². The van der Waals surface area contributed by atoms with Gasteiger partial charge in [-0.25, -0.2) is 0 Å². The van der Waals surface area contributed by atoms with Crippen LogP contribution >= 0.6 is 7.92 Å². The predicted octanol–water partition coefficient (Wildman–Crippen LogP) is 4.42. The predicted molar refractivity (Wildman–Crippen MR) is 105 cm³/mol. The van der Waals surface area contributed by atoms with E-state index in [0.29, 0.717) is 6.42 Å². The van der Waals surface area contributed by atoms with Crippen LogP contribution < -0.4 is 10.6 Å². The number of carbonyl (C=O) groups excluding carboxylic acids is 1. The van der Waals surface area contributed by atoms with Crippen LogP contribution in [0.4, 0.5) is 0 Å². The number of rotatable bonds is 6. The number of hydrogen-bond acceptors (Lipinski definition) is 2. The SMILES string of the molecule is COC(=O)C[C@H](c1ccccc1)P(c1ccccc1)c1ccccc1. The second kappa shape index (κ2) is 8.60. The van der Waals surface area contributed by atoms with Gasteiger partial charge in [-0.1, -0.05) is 91.0 Å². The van der Waals surface area contributed by atoms with E-state index in [1.54, 1.807) is 0 Å². The Morgan fingerprint density at radius 3 is 1.68 bits per heavy atom. The fourth-order valence-electron chi connectivity index (χ4n) is 2.96. The zero-order valence-electron chi connectivity index (χ0n) is 14.2. The molecule has 1 atom stereocenters. The van der Waals surface area contributed by atoms with Gasteiger partial charge in [-0.05, 0) is 24.1 Å². The Morgan fingerprint density at radius 1 is 0.800 bits per heavy atom. The monoisotopic (exact) mass is 348 g/mol. The Morgan fingerprint density at radius 2 is 1.24 bits per heavy atom. The lowest BCUT2D eigenvalue weighted by atomic mass is 10.1. The van der Waals surface area contributed by atoms with E-state index in [1.165, 1.54) is 23.3 Å². The molecule has 0 bridgehead atoms. The number of hydrogen-bond donors (Lipinski definition) is 0. The van der Waals surface area contributed by atoms with Crippen molar-refractivity contribution < 1.29 is 9.53 Å². The van der Waals surface area contributed by atoms with Crippen LogP contribution in [0.25, 0.3) is 0 Å². The molecular formula is C22H21O2P. The molecule has 0 spiro atoms. The molecule has 0 radical (unpaired) electrons. The quantitative estimate of drug-likeness (QED) is 0.487. The molecular weight excluding hydrogens is 327 g/mol. The first-order chi connectivity index (χ1) is 12.3. The Bertz CT molecular complexity index is 749. The van der Waals surface area contributed by atoms with Gasteiger partial charge in [-0.3, -0.25) is 4.79 Å². The Balaban J connectivity index is 2.11. The first-order valence-electron chi connectivity index (χ1n) is 8.30. The van der Waals surface area contributed by atoms with Crippen molar-refractivity contribution >= 4 is 24.5 Å². The van der Waals surface area contributed by atoms with Crippen molar-refractivity contribution in [3.8, 4) is 0 Å². The summed E-state index contributed by atoms with van der Waals surface area (Å²) in [6.07, 6.45) is 0.371. The van der Waals surface area contributed by atoms with E-state index in [0.717, 1.165) is 0 Å². The van der Waals surface area contributed by atoms with Gasteiger partial charge >= 0.3 is 5.97 Å². The summed E-state index contributed by atoms with van der Waals surface area (Å²) in [5, 5.41) is 2.53. The molecule has 0 saturated carbocycles. The average molecular weight is 348 g/mol. The van der Waals surface area contributed by atoms with Crippen molar-refractivity contribution in [1.29, 1.82) is 0 Å². The molecule has 0 fully saturated rings. The Hall–Kier alpha value is -2.44. The highest BCUT2D eigenvalue weighted by molar-refractivity contribution is 7.73. The first kappa shape index (κ1) is 17.4. The van der Waals surface area contributed by atoms with Crippen LogP contribution in [0.3, 0.4) is 0 Å². The van der Waals surface area contributed by atoms with Crippen molar-refractivity contribution in [1.82, 2.24) is 0 Å². The van der Waals surface area contributed by atoms with E-state index in [4.69, 9.17) is 4.74 Å². The number of methoxy groups -OCH3 is 1. The molecule has 0 unspecified atom stereocenters. The number of benzene rings is 3. The summed E-state index contributed by atoms with van der Waals surface area (Å²) >= 11 is 0. The molecule has 0 aliphatic heterocycles. The van der Waals surface area contributed by atoms with Gasteiger partial charge in [0.25, 0.3) is 0 Å². The summed E-state index contributed by atoms with van der Waals surface area (Å²) in [7, 11) is 0.726. The summed E-state index contributed by atoms with van der Waals surface area (Å²) in [4.78, 5) is 12.2. The lowest BCUT2D eigenvalue weighted by molar-refractivity contribution is -0.140. The summed E-state index contributed by atoms with van der Waals surface area (Å²) in [6.45, 7) is 0. The fourth-order valence-corrected chi connectivity index (χ4v) is 5.77. The summed E-state index contributed by atoms with van der Waals surface area (Å²) in [6, 6.07) is 31.2. The average Bonchev–Trinajstić information content (AvgIpc) is 2.69. The summed E-state index contributed by atoms with van der Waals surface area (Å²) in [5.41, 5.74) is 1.25. The zero-order chi connectivity index (χ0) is 17.5. The molecule has 0 aliphatic carbocycles. The highest BCUT2D eigenvalue weighted by Crippen LogP contribution is 2.51. The molecule has 2 nitrogen and oxygen atoms in total. The second-order valence-corrected chi connectivity index (χ2v) is 8.14. The van der Waals surface area contributed by atoms with Gasteiger partial charge in [0, 0.05) is 5.66 Å². The highest BCUT2D eigenvalue weighted by atomic mass is 31.1. The molecule has 0 aromatic heterocycles. The van der Waals surface area contributed by atoms with E-state index < -0.39 is 7.92 Å². The van der Waals surface area contributed by atoms with Crippen molar-refractivity contribution in [2.24, 2.45) is 0 Å². The lowest BCUT2D eigenvalue weighted by Crippen LogP contribution is -2.19. The number of ether oxygens (including phenoxy) is 1. The van der Waals surface area contributed by atoms with Crippen LogP contribution in [0.5, 0.6) is 0 Å². The third-order valence-corrected chi connectivity index (χ3v) is 6.97. The van der Waals surface area contributed by atoms with Gasteiger partial charge < -0.3 is 4.74 Å². The van der Waals surface area contributed by atoms with Crippen molar-refractivity contribution in [3.05, 3.63) is 96.6 Å². The maximum absolute atomic E-state index is 12.2. The van der Waals surface area contributed by atoms with Crippen LogP contribution in [0.1, 0.15) is 17.6 Å². The van der Waals surface area contributed by atoms with Crippen molar-refractivity contribution in [2.45, 2.75) is 12.1 Å². The molecule has 25 heavy (non-hydrogen) atoms. The summed E-state index contributed by atoms with van der Waals surface area (Å²) in [5.74, 6) is -0.173. The summed E-state index contributed by atoms with van der Waals surface area (Å²) < 4.78 is 5.00. The van der Waals surface area contributed by atoms with E-state index in [1.807, 2.05) is 30.3 Å². The topological polar surface area (TPSA) is 26.3 Å². The van der Waals surface area contributed by atoms with Crippen LogP contribution in [-0.2, 0) is 9.53 Å². The van der Waals surface area contributed by atoms with E-state index in [2.05, 4.69) is 60.7 Å². The van der Waals surface area contributed by atoms with Crippen LogP contribution in [0.2, 0.25) is 0 Å². The van der Waals surface area contributed by atoms with E-state index in [9.17, 15) is 4.79 Å². The van der Waals surface area contributed by atoms with Crippen molar-refractivity contribution in [2.75, 3.05) is 7.11 Å². The van der Waals surface area contributed by atoms with Gasteiger partial charge in [0.2, 0.25) is 0 Å². The molecule has 3 aromatic carbocycles. The normalized spacial score (nSPS) is 11.9. The molecule has 3 aromatic rings. The van der Waals surface area contributed by atoms with Crippen LogP contribution in [0.15, 0.2) is 91.0 Å². The van der Waals surface area contributed by atoms with Crippen LogP contribution in [0, 0.1) is 0 Å². The van der Waals surface area contributed by atoms with Gasteiger partial charge in [-0.15, -0.1) is 0 Å². The largest absolute Gasteiger partial charge is 0.469 e. The minimum Gasteiger partial charge on any atom is -0.469 e. The Labute approximate surface area is 150 Å². The molecule has 0 N–H and O–H groups in total. The Kier molecular flexibility index (Phi) is 5.98. The molecule has 0 heterocycles. The van der Waals surface area contributed by atoms with E-state index in [-0.39, 0.29) is 11.6 Å². The molecule has 0 saturated heterocycles. The van der Waals surface area contributed by atoms with E-state index >= 15 is 0 Å². The second-order valence-electron chi connectivity index (χ2n) is 5.75. The fraction of sp³-hybridized carbons (Fsp3) is 0.136. The van der Waals surface area contributed by atoms with Crippen LogP contribution in [-0.4, -0.2) is 13.1 Å². The van der Waals surface area contributed by atoms with Crippen molar-refractivity contribution in [3.63, 3.8) is 0 Å². The maximum atomic E-state index is 12.2. The third-order valence-electron chi connectivity index (χ3n) is 4.15. The first-order valence-corrected chi connectivity index (χ1v) is 9.72. The standard InChI is InChI=1S/C22H21O2P/c1-24-22(23)17-21(18-11-5-2-6-12-18)25(19-13-7-3-8-14-19)20-15-9-4-10-16-20/h2-16,21H,17H2,1H3/t21-/m1/s1. The van der Waals surface area contributed by atoms with Gasteiger partial charge in [0.15, 0.2) is 0 Å². The number of carbonyl (C=O) groups is 1. The molecule has 0 amide bonds. The number of esters is 1. The third kappa shape index (κ3) is 4.35. The minimum atomic E-state index is -0.730. The zero-order valence-corrected chi connectivity index (χ0v) is 15.1. The molecule has 3 rings (SSSR count). The maximum Gasteiger partial charge on any atom is 0.306 e. The van der Waals surface area contributed by atoms with Gasteiger partial charge in [0.05, 0.1) is 13.5 Å². The molecule has 3 heteroatoms. The van der Waals surface area contributed by atoms with Gasteiger partial charge in [-0.2, -0.15) is 0 Å². The molecule has 126 valence electrons. The lowest BCUT2D eigenvalue weighted by Gasteiger charge is -2.28. The minimum absolute atomic E-state index is 0.0773. The molecule has 0 aliphatic rings.